The molecule has 0 saturated carbocycles. The Labute approximate surface area is 152 Å². The van der Waals surface area contributed by atoms with Gasteiger partial charge in [-0.25, -0.2) is 0 Å². The zero-order valence-electron chi connectivity index (χ0n) is 15.0. The van der Waals surface area contributed by atoms with E-state index >= 15 is 0 Å². The van der Waals surface area contributed by atoms with Gasteiger partial charge in [0, 0.05) is 23.7 Å². The van der Waals surface area contributed by atoms with Crippen molar-refractivity contribution in [1.82, 2.24) is 15.5 Å². The van der Waals surface area contributed by atoms with Crippen molar-refractivity contribution in [1.29, 1.82) is 0 Å². The summed E-state index contributed by atoms with van der Waals surface area (Å²) in [4.78, 5) is 24.3. The van der Waals surface area contributed by atoms with Crippen LogP contribution in [-0.2, 0) is 6.42 Å². The first-order chi connectivity index (χ1) is 11.9. The number of nitrogens with one attached hydrogen (secondary N) is 2. The summed E-state index contributed by atoms with van der Waals surface area (Å²) in [6, 6.07) is 6.93. The Kier molecular flexibility index (Phi) is 6.64. The van der Waals surface area contributed by atoms with Gasteiger partial charge in [-0.2, -0.15) is 0 Å². The number of hydrogen-bond donors (Lipinski definition) is 2. The van der Waals surface area contributed by atoms with Crippen molar-refractivity contribution in [2.75, 3.05) is 5.32 Å². The summed E-state index contributed by atoms with van der Waals surface area (Å²) in [5.74, 6) is 0.0666. The molecule has 25 heavy (non-hydrogen) atoms. The monoisotopic (exact) mass is 360 g/mol. The normalized spacial score (nSPS) is 12.0. The minimum atomic E-state index is -0.288. The molecule has 0 aliphatic rings. The van der Waals surface area contributed by atoms with E-state index in [0.29, 0.717) is 22.2 Å². The predicted octanol–water partition coefficient (Wildman–Crippen LogP) is 3.52. The average molecular weight is 360 g/mol. The van der Waals surface area contributed by atoms with Crippen molar-refractivity contribution in [2.24, 2.45) is 5.92 Å². The van der Waals surface area contributed by atoms with E-state index in [-0.39, 0.29) is 17.9 Å². The Hall–Kier alpha value is -2.28. The molecular weight excluding hydrogens is 336 g/mol. The number of anilines is 1. The highest BCUT2D eigenvalue weighted by Crippen LogP contribution is 2.16. The molecule has 1 heterocycles. The number of carbonyl (C=O) groups is 2. The van der Waals surface area contributed by atoms with Crippen LogP contribution in [0, 0.1) is 5.92 Å². The first-order valence-corrected chi connectivity index (χ1v) is 9.25. The van der Waals surface area contributed by atoms with Crippen LogP contribution in [0.5, 0.6) is 0 Å². The molecule has 0 aliphatic heterocycles. The molecule has 1 aromatic carbocycles. The van der Waals surface area contributed by atoms with Gasteiger partial charge in [0.2, 0.25) is 5.01 Å². The molecule has 0 aliphatic carbocycles. The summed E-state index contributed by atoms with van der Waals surface area (Å²) in [7, 11) is 0. The zero-order chi connectivity index (χ0) is 18.4. The number of amides is 2. The Balaban J connectivity index is 1.97. The minimum Gasteiger partial charge on any atom is -0.350 e. The molecule has 1 atom stereocenters. The molecule has 2 amide bonds. The highest BCUT2D eigenvalue weighted by atomic mass is 32.1. The van der Waals surface area contributed by atoms with E-state index in [9.17, 15) is 9.59 Å². The van der Waals surface area contributed by atoms with E-state index in [4.69, 9.17) is 0 Å². The molecule has 1 aromatic heterocycles. The number of carbonyl (C=O) groups excluding carboxylic acids is 2. The van der Waals surface area contributed by atoms with Crippen LogP contribution < -0.4 is 10.6 Å². The number of aromatic nitrogens is 2. The van der Waals surface area contributed by atoms with E-state index in [1.54, 1.807) is 24.3 Å². The van der Waals surface area contributed by atoms with E-state index < -0.39 is 0 Å². The zero-order valence-corrected chi connectivity index (χ0v) is 15.8. The lowest BCUT2D eigenvalue weighted by molar-refractivity contribution is 0.0938. The van der Waals surface area contributed by atoms with Crippen molar-refractivity contribution in [2.45, 2.75) is 46.6 Å². The predicted molar refractivity (Wildman–Crippen MR) is 100 cm³/mol. The van der Waals surface area contributed by atoms with Crippen LogP contribution in [0.1, 0.15) is 59.3 Å². The fourth-order valence-corrected chi connectivity index (χ4v) is 3.02. The maximum absolute atomic E-state index is 12.2. The van der Waals surface area contributed by atoms with Crippen molar-refractivity contribution >= 4 is 28.8 Å². The summed E-state index contributed by atoms with van der Waals surface area (Å²) in [5, 5.41) is 14.9. The fourth-order valence-electron chi connectivity index (χ4n) is 2.08. The van der Waals surface area contributed by atoms with Gasteiger partial charge >= 0.3 is 0 Å². The van der Waals surface area contributed by atoms with Crippen molar-refractivity contribution in [3.8, 4) is 0 Å². The second-order valence-electron chi connectivity index (χ2n) is 6.41. The first-order valence-electron chi connectivity index (χ1n) is 8.43. The standard InChI is InChI=1S/C18H24N4O2S/c1-5-12(4)19-16(23)13-6-8-14(9-7-13)20-17(24)18-22-21-15(25-18)10-11(2)3/h6-9,11-12H,5,10H2,1-4H3,(H,19,23)(H,20,24). The number of hydrogen-bond acceptors (Lipinski definition) is 5. The lowest BCUT2D eigenvalue weighted by atomic mass is 10.1. The van der Waals surface area contributed by atoms with Gasteiger partial charge in [0.1, 0.15) is 5.01 Å². The summed E-state index contributed by atoms with van der Waals surface area (Å²) < 4.78 is 0. The van der Waals surface area contributed by atoms with Crippen molar-refractivity contribution in [3.05, 3.63) is 39.8 Å². The van der Waals surface area contributed by atoms with Gasteiger partial charge in [0.15, 0.2) is 0 Å². The number of benzene rings is 1. The fraction of sp³-hybridized carbons (Fsp3) is 0.444. The quantitative estimate of drug-likeness (QED) is 0.791. The van der Waals surface area contributed by atoms with Crippen LogP contribution in [0.25, 0.3) is 0 Å². The third kappa shape index (κ3) is 5.63. The van der Waals surface area contributed by atoms with E-state index in [0.717, 1.165) is 17.8 Å². The summed E-state index contributed by atoms with van der Waals surface area (Å²) >= 11 is 1.31. The lowest BCUT2D eigenvalue weighted by Crippen LogP contribution is -2.31. The smallest absolute Gasteiger partial charge is 0.286 e. The van der Waals surface area contributed by atoms with Crippen LogP contribution in [0.15, 0.2) is 24.3 Å². The Morgan fingerprint density at radius 2 is 1.76 bits per heavy atom. The molecule has 7 heteroatoms. The third-order valence-corrected chi connectivity index (χ3v) is 4.58. The summed E-state index contributed by atoms with van der Waals surface area (Å²) in [6.45, 7) is 8.17. The second-order valence-corrected chi connectivity index (χ2v) is 7.48. The van der Waals surface area contributed by atoms with Gasteiger partial charge in [-0.3, -0.25) is 9.59 Å². The minimum absolute atomic E-state index is 0.116. The second kappa shape index (κ2) is 8.71. The SMILES string of the molecule is CCC(C)NC(=O)c1ccc(NC(=O)c2nnc(CC(C)C)s2)cc1. The highest BCUT2D eigenvalue weighted by Gasteiger charge is 2.14. The number of nitrogens with zero attached hydrogens (tertiary/aromatic N) is 2. The molecule has 134 valence electrons. The Morgan fingerprint density at radius 3 is 2.36 bits per heavy atom. The van der Waals surface area contributed by atoms with Gasteiger partial charge in [-0.05, 0) is 43.5 Å². The molecule has 2 aromatic rings. The van der Waals surface area contributed by atoms with Gasteiger partial charge < -0.3 is 10.6 Å². The lowest BCUT2D eigenvalue weighted by Gasteiger charge is -2.11. The third-order valence-electron chi connectivity index (χ3n) is 3.64. The van der Waals surface area contributed by atoms with E-state index in [2.05, 4.69) is 34.7 Å². The Bertz CT molecular complexity index is 725. The van der Waals surface area contributed by atoms with Crippen LogP contribution >= 0.6 is 11.3 Å². The maximum atomic E-state index is 12.2. The molecular formula is C18H24N4O2S. The molecule has 0 fully saturated rings. The molecule has 2 rings (SSSR count). The average Bonchev–Trinajstić information content (AvgIpc) is 3.03. The molecule has 2 N–H and O–H groups in total. The number of rotatable bonds is 7. The van der Waals surface area contributed by atoms with Crippen LogP contribution in [0.3, 0.4) is 0 Å². The molecule has 0 radical (unpaired) electrons. The molecule has 0 bridgehead atoms. The van der Waals surface area contributed by atoms with E-state index in [1.165, 1.54) is 11.3 Å². The van der Waals surface area contributed by atoms with Gasteiger partial charge in [0.25, 0.3) is 11.8 Å². The highest BCUT2D eigenvalue weighted by molar-refractivity contribution is 7.13. The van der Waals surface area contributed by atoms with E-state index in [1.807, 2.05) is 13.8 Å². The molecule has 0 saturated heterocycles. The summed E-state index contributed by atoms with van der Waals surface area (Å²) in [5.41, 5.74) is 1.18. The van der Waals surface area contributed by atoms with Crippen molar-refractivity contribution in [3.63, 3.8) is 0 Å². The van der Waals surface area contributed by atoms with Crippen molar-refractivity contribution < 1.29 is 9.59 Å². The van der Waals surface area contributed by atoms with Crippen LogP contribution in [-0.4, -0.2) is 28.1 Å². The van der Waals surface area contributed by atoms with Gasteiger partial charge in [-0.1, -0.05) is 32.1 Å². The van der Waals surface area contributed by atoms with Gasteiger partial charge in [0.05, 0.1) is 0 Å². The molecule has 0 spiro atoms. The molecule has 1 unspecified atom stereocenters. The largest absolute Gasteiger partial charge is 0.350 e. The van der Waals surface area contributed by atoms with Crippen LogP contribution in [0.2, 0.25) is 0 Å². The Morgan fingerprint density at radius 1 is 1.08 bits per heavy atom. The summed E-state index contributed by atoms with van der Waals surface area (Å²) in [6.07, 6.45) is 1.69. The van der Waals surface area contributed by atoms with Crippen LogP contribution in [0.4, 0.5) is 5.69 Å². The topological polar surface area (TPSA) is 84.0 Å². The first kappa shape index (κ1) is 19.1. The molecule has 6 nitrogen and oxygen atoms in total. The maximum Gasteiger partial charge on any atom is 0.286 e. The van der Waals surface area contributed by atoms with Gasteiger partial charge in [-0.15, -0.1) is 10.2 Å².